The molecule has 0 unspecified atom stereocenters. The molecule has 3 nitrogen and oxygen atoms in total. The SMILES string of the molecule is NC1(c2c(F)c(F)cc3c2OCCO3)CCCCC1. The van der Waals surface area contributed by atoms with Crippen LogP contribution in [0.5, 0.6) is 11.5 Å². The second kappa shape index (κ2) is 4.63. The number of hydrogen-bond donors (Lipinski definition) is 1. The number of rotatable bonds is 1. The van der Waals surface area contributed by atoms with Gasteiger partial charge in [0.2, 0.25) is 0 Å². The van der Waals surface area contributed by atoms with Gasteiger partial charge in [0.1, 0.15) is 13.2 Å². The van der Waals surface area contributed by atoms with Crippen molar-refractivity contribution in [3.8, 4) is 11.5 Å². The van der Waals surface area contributed by atoms with Gasteiger partial charge >= 0.3 is 0 Å². The fraction of sp³-hybridized carbons (Fsp3) is 0.571. The first-order valence-corrected chi connectivity index (χ1v) is 6.69. The third kappa shape index (κ3) is 2.06. The summed E-state index contributed by atoms with van der Waals surface area (Å²) < 4.78 is 38.8. The fourth-order valence-electron chi connectivity index (χ4n) is 3.01. The van der Waals surface area contributed by atoms with E-state index in [-0.39, 0.29) is 17.1 Å². The predicted octanol–water partition coefficient (Wildman–Crippen LogP) is 2.85. The minimum atomic E-state index is -0.922. The Morgan fingerprint density at radius 2 is 1.74 bits per heavy atom. The Morgan fingerprint density at radius 3 is 2.47 bits per heavy atom. The van der Waals surface area contributed by atoms with Crippen molar-refractivity contribution in [3.63, 3.8) is 0 Å². The number of nitrogens with two attached hydrogens (primary N) is 1. The molecule has 0 saturated heterocycles. The lowest BCUT2D eigenvalue weighted by atomic mass is 9.76. The maximum absolute atomic E-state index is 14.2. The Morgan fingerprint density at radius 1 is 1.05 bits per heavy atom. The highest BCUT2D eigenvalue weighted by Gasteiger charge is 2.38. The molecule has 5 heteroatoms. The standard InChI is InChI=1S/C14H17F2NO2/c15-9-8-10-13(19-7-6-18-10)11(12(9)16)14(17)4-2-1-3-5-14/h8H,1-7,17H2. The van der Waals surface area contributed by atoms with Crippen LogP contribution in [0.4, 0.5) is 8.78 Å². The van der Waals surface area contributed by atoms with E-state index in [9.17, 15) is 8.78 Å². The molecule has 2 aliphatic rings. The molecule has 0 atom stereocenters. The molecule has 2 N–H and O–H groups in total. The topological polar surface area (TPSA) is 44.5 Å². The van der Waals surface area contributed by atoms with Gasteiger partial charge in [-0.05, 0) is 12.8 Å². The average Bonchev–Trinajstić information content (AvgIpc) is 2.40. The second-order valence-electron chi connectivity index (χ2n) is 5.29. The van der Waals surface area contributed by atoms with E-state index < -0.39 is 17.2 Å². The van der Waals surface area contributed by atoms with Crippen molar-refractivity contribution in [1.82, 2.24) is 0 Å². The summed E-state index contributed by atoms with van der Waals surface area (Å²) in [7, 11) is 0. The molecule has 1 aliphatic carbocycles. The van der Waals surface area contributed by atoms with Gasteiger partial charge in [0, 0.05) is 11.6 Å². The van der Waals surface area contributed by atoms with E-state index in [1.807, 2.05) is 0 Å². The molecule has 104 valence electrons. The maximum atomic E-state index is 14.2. The number of fused-ring (bicyclic) bond motifs is 1. The lowest BCUT2D eigenvalue weighted by Crippen LogP contribution is -2.40. The summed E-state index contributed by atoms with van der Waals surface area (Å²) in [4.78, 5) is 0. The van der Waals surface area contributed by atoms with Gasteiger partial charge in [-0.3, -0.25) is 0 Å². The lowest BCUT2D eigenvalue weighted by molar-refractivity contribution is 0.160. The van der Waals surface area contributed by atoms with Gasteiger partial charge in [-0.15, -0.1) is 0 Å². The average molecular weight is 269 g/mol. The van der Waals surface area contributed by atoms with E-state index in [0.717, 1.165) is 25.3 Å². The van der Waals surface area contributed by atoms with Gasteiger partial charge in [0.25, 0.3) is 0 Å². The van der Waals surface area contributed by atoms with E-state index in [1.165, 1.54) is 0 Å². The van der Waals surface area contributed by atoms with Gasteiger partial charge in [0.05, 0.1) is 5.56 Å². The molecular weight excluding hydrogens is 252 g/mol. The molecule has 1 aromatic carbocycles. The fourth-order valence-corrected chi connectivity index (χ4v) is 3.01. The van der Waals surface area contributed by atoms with Crippen LogP contribution in [-0.2, 0) is 5.54 Å². The van der Waals surface area contributed by atoms with Crippen LogP contribution in [0.1, 0.15) is 37.7 Å². The summed E-state index contributed by atoms with van der Waals surface area (Å²) in [6.07, 6.45) is 4.20. The number of benzene rings is 1. The second-order valence-corrected chi connectivity index (χ2v) is 5.29. The molecule has 1 aromatic rings. The van der Waals surface area contributed by atoms with Crippen LogP contribution >= 0.6 is 0 Å². The van der Waals surface area contributed by atoms with Gasteiger partial charge in [0.15, 0.2) is 23.1 Å². The predicted molar refractivity (Wildman–Crippen MR) is 66.3 cm³/mol. The van der Waals surface area contributed by atoms with Crippen LogP contribution < -0.4 is 15.2 Å². The summed E-state index contributed by atoms with van der Waals surface area (Å²) in [5.41, 5.74) is 5.63. The molecule has 3 rings (SSSR count). The highest BCUT2D eigenvalue weighted by Crippen LogP contribution is 2.46. The van der Waals surface area contributed by atoms with Crippen molar-refractivity contribution >= 4 is 0 Å². The van der Waals surface area contributed by atoms with Gasteiger partial charge < -0.3 is 15.2 Å². The first kappa shape index (κ1) is 12.7. The Labute approximate surface area is 110 Å². The molecule has 1 heterocycles. The van der Waals surface area contributed by atoms with E-state index in [2.05, 4.69) is 0 Å². The third-order valence-corrected chi connectivity index (χ3v) is 3.97. The van der Waals surface area contributed by atoms with Crippen molar-refractivity contribution in [2.24, 2.45) is 5.73 Å². The molecule has 1 fully saturated rings. The zero-order valence-corrected chi connectivity index (χ0v) is 10.7. The van der Waals surface area contributed by atoms with Crippen LogP contribution in [0.3, 0.4) is 0 Å². The first-order chi connectivity index (χ1) is 9.12. The first-order valence-electron chi connectivity index (χ1n) is 6.69. The van der Waals surface area contributed by atoms with Gasteiger partial charge in [-0.2, -0.15) is 0 Å². The smallest absolute Gasteiger partial charge is 0.169 e. The van der Waals surface area contributed by atoms with Gasteiger partial charge in [-0.25, -0.2) is 8.78 Å². The van der Waals surface area contributed by atoms with Crippen LogP contribution in [0, 0.1) is 11.6 Å². The van der Waals surface area contributed by atoms with Crippen molar-refractivity contribution in [1.29, 1.82) is 0 Å². The quantitative estimate of drug-likeness (QED) is 0.852. The molecule has 1 aliphatic heterocycles. The third-order valence-electron chi connectivity index (χ3n) is 3.97. The van der Waals surface area contributed by atoms with Crippen LogP contribution in [0.25, 0.3) is 0 Å². The molecule has 1 saturated carbocycles. The number of hydrogen-bond acceptors (Lipinski definition) is 3. The monoisotopic (exact) mass is 269 g/mol. The summed E-state index contributed by atoms with van der Waals surface area (Å²) in [5, 5.41) is 0. The molecule has 19 heavy (non-hydrogen) atoms. The summed E-state index contributed by atoms with van der Waals surface area (Å²) in [5.74, 6) is -1.27. The highest BCUT2D eigenvalue weighted by molar-refractivity contribution is 5.52. The Kier molecular flexibility index (Phi) is 3.09. The maximum Gasteiger partial charge on any atom is 0.169 e. The van der Waals surface area contributed by atoms with E-state index in [0.29, 0.717) is 26.1 Å². The molecule has 0 radical (unpaired) electrons. The van der Waals surface area contributed by atoms with Crippen LogP contribution in [-0.4, -0.2) is 13.2 Å². The van der Waals surface area contributed by atoms with Crippen molar-refractivity contribution < 1.29 is 18.3 Å². The van der Waals surface area contributed by atoms with E-state index >= 15 is 0 Å². The molecular formula is C14H17F2NO2. The number of ether oxygens (including phenoxy) is 2. The van der Waals surface area contributed by atoms with Crippen LogP contribution in [0.2, 0.25) is 0 Å². The Hall–Kier alpha value is -1.36. The Balaban J connectivity index is 2.15. The lowest BCUT2D eigenvalue weighted by Gasteiger charge is -2.36. The normalized spacial score (nSPS) is 21.2. The van der Waals surface area contributed by atoms with E-state index in [4.69, 9.17) is 15.2 Å². The largest absolute Gasteiger partial charge is 0.486 e. The van der Waals surface area contributed by atoms with Crippen molar-refractivity contribution in [3.05, 3.63) is 23.3 Å². The molecule has 0 bridgehead atoms. The minimum absolute atomic E-state index is 0.155. The molecule has 0 spiro atoms. The van der Waals surface area contributed by atoms with Crippen LogP contribution in [0.15, 0.2) is 6.07 Å². The highest BCUT2D eigenvalue weighted by atomic mass is 19.2. The summed E-state index contributed by atoms with van der Waals surface area (Å²) >= 11 is 0. The summed E-state index contributed by atoms with van der Waals surface area (Å²) in [6.45, 7) is 0.677. The minimum Gasteiger partial charge on any atom is -0.486 e. The van der Waals surface area contributed by atoms with Crippen molar-refractivity contribution in [2.45, 2.75) is 37.6 Å². The zero-order valence-electron chi connectivity index (χ0n) is 10.7. The molecule has 0 aromatic heterocycles. The zero-order chi connectivity index (χ0) is 13.5. The number of halogens is 2. The molecule has 0 amide bonds. The summed E-state index contributed by atoms with van der Waals surface area (Å²) in [6, 6.07) is 1.04. The van der Waals surface area contributed by atoms with Gasteiger partial charge in [-0.1, -0.05) is 19.3 Å². The van der Waals surface area contributed by atoms with Crippen molar-refractivity contribution in [2.75, 3.05) is 13.2 Å². The van der Waals surface area contributed by atoms with E-state index in [1.54, 1.807) is 0 Å². The Bertz CT molecular complexity index is 499.